The van der Waals surface area contributed by atoms with Crippen LogP contribution in [0.15, 0.2) is 17.8 Å². The Morgan fingerprint density at radius 1 is 1.26 bits per heavy atom. The van der Waals surface area contributed by atoms with Crippen LogP contribution in [0.3, 0.4) is 0 Å². The number of halogens is 3. The number of alkyl halides is 3. The van der Waals surface area contributed by atoms with Gasteiger partial charge in [0.1, 0.15) is 18.1 Å². The molecule has 2 aromatic heterocycles. The first kappa shape index (κ1) is 17.1. The minimum atomic E-state index is -4.55. The summed E-state index contributed by atoms with van der Waals surface area (Å²) in [6.07, 6.45) is -2.07. The largest absolute Gasteiger partial charge is 0.406 e. The molecule has 23 heavy (non-hydrogen) atoms. The third-order valence-electron chi connectivity index (χ3n) is 2.74. The summed E-state index contributed by atoms with van der Waals surface area (Å²) in [5.74, 6) is -0.400. The number of hydrogen-bond acceptors (Lipinski definition) is 6. The molecule has 124 valence electrons. The number of hydrogen-bond donors (Lipinski definition) is 0. The van der Waals surface area contributed by atoms with E-state index in [1.54, 1.807) is 31.3 Å². The fraction of sp³-hybridized carbons (Fsp3) is 0.385. The van der Waals surface area contributed by atoms with Crippen LogP contribution in [0, 0.1) is 6.92 Å². The summed E-state index contributed by atoms with van der Waals surface area (Å²) >= 11 is 0.967. The molecule has 1 amide bonds. The first-order chi connectivity index (χ1) is 10.7. The molecule has 0 saturated heterocycles. The number of thiazole rings is 1. The molecule has 0 aliphatic rings. The number of amides is 1. The van der Waals surface area contributed by atoms with Crippen LogP contribution in [0.1, 0.15) is 16.2 Å². The average molecular weight is 345 g/mol. The standard InChI is InChI=1S/C13H14F3N5OS/c1-8-6-23-12(19-8)21(7-13(14,15)16)11(22)9-4-18-10(5-17-9)20(2)3/h4-6H,7H2,1-3H3. The number of carbonyl (C=O) groups excluding carboxylic acids is 1. The molecule has 0 saturated carbocycles. The van der Waals surface area contributed by atoms with Crippen LogP contribution in [0.2, 0.25) is 0 Å². The van der Waals surface area contributed by atoms with Gasteiger partial charge in [0.25, 0.3) is 5.91 Å². The number of anilines is 2. The maximum absolute atomic E-state index is 12.8. The van der Waals surface area contributed by atoms with Gasteiger partial charge in [-0.25, -0.2) is 15.0 Å². The quantitative estimate of drug-likeness (QED) is 0.852. The zero-order valence-corrected chi connectivity index (χ0v) is 13.4. The molecule has 0 aliphatic carbocycles. The lowest BCUT2D eigenvalue weighted by Gasteiger charge is -2.21. The Hall–Kier alpha value is -2.23. The summed E-state index contributed by atoms with van der Waals surface area (Å²) in [6.45, 7) is 0.206. The van der Waals surface area contributed by atoms with Gasteiger partial charge < -0.3 is 4.90 Å². The maximum atomic E-state index is 12.8. The Morgan fingerprint density at radius 2 is 1.96 bits per heavy atom. The van der Waals surface area contributed by atoms with Crippen LogP contribution in [-0.2, 0) is 0 Å². The predicted molar refractivity (Wildman–Crippen MR) is 80.9 cm³/mol. The SMILES string of the molecule is Cc1csc(N(CC(F)(F)F)C(=O)c2cnc(N(C)C)cn2)n1. The van der Waals surface area contributed by atoms with Crippen molar-refractivity contribution in [3.8, 4) is 0 Å². The van der Waals surface area contributed by atoms with E-state index in [4.69, 9.17) is 0 Å². The van der Waals surface area contributed by atoms with Gasteiger partial charge in [0.2, 0.25) is 0 Å². The van der Waals surface area contributed by atoms with Crippen LogP contribution in [0.4, 0.5) is 24.1 Å². The highest BCUT2D eigenvalue weighted by molar-refractivity contribution is 7.14. The van der Waals surface area contributed by atoms with E-state index >= 15 is 0 Å². The Labute approximate surface area is 134 Å². The first-order valence-corrected chi connectivity index (χ1v) is 7.35. The number of aromatic nitrogens is 3. The second-order valence-corrected chi connectivity index (χ2v) is 5.77. The molecule has 2 aromatic rings. The normalized spacial score (nSPS) is 11.4. The Kier molecular flexibility index (Phi) is 4.83. The summed E-state index contributed by atoms with van der Waals surface area (Å²) in [4.78, 5) is 26.5. The van der Waals surface area contributed by atoms with Crippen molar-refractivity contribution in [1.82, 2.24) is 15.0 Å². The molecular formula is C13H14F3N5OS. The lowest BCUT2D eigenvalue weighted by atomic mass is 10.3. The van der Waals surface area contributed by atoms with Gasteiger partial charge in [-0.05, 0) is 6.92 Å². The predicted octanol–water partition coefficient (Wildman–Crippen LogP) is 2.52. The summed E-state index contributed by atoms with van der Waals surface area (Å²) in [5, 5.41) is 1.55. The summed E-state index contributed by atoms with van der Waals surface area (Å²) < 4.78 is 38.4. The lowest BCUT2D eigenvalue weighted by Crippen LogP contribution is -2.39. The van der Waals surface area contributed by atoms with Crippen LogP contribution in [0.25, 0.3) is 0 Å². The van der Waals surface area contributed by atoms with Crippen molar-refractivity contribution in [1.29, 1.82) is 0 Å². The van der Waals surface area contributed by atoms with Gasteiger partial charge in [-0.15, -0.1) is 11.3 Å². The van der Waals surface area contributed by atoms with Crippen molar-refractivity contribution < 1.29 is 18.0 Å². The molecule has 0 aliphatic heterocycles. The zero-order valence-electron chi connectivity index (χ0n) is 12.6. The Bertz CT molecular complexity index is 684. The minimum Gasteiger partial charge on any atom is -0.361 e. The Morgan fingerprint density at radius 3 is 2.39 bits per heavy atom. The fourth-order valence-corrected chi connectivity index (χ4v) is 2.47. The lowest BCUT2D eigenvalue weighted by molar-refractivity contribution is -0.118. The third kappa shape index (κ3) is 4.38. The van der Waals surface area contributed by atoms with E-state index in [1.807, 2.05) is 0 Å². The van der Waals surface area contributed by atoms with Gasteiger partial charge in [0.15, 0.2) is 5.13 Å². The second kappa shape index (κ2) is 6.49. The molecule has 0 aromatic carbocycles. The molecule has 0 bridgehead atoms. The third-order valence-corrected chi connectivity index (χ3v) is 3.72. The van der Waals surface area contributed by atoms with E-state index in [9.17, 15) is 18.0 Å². The monoisotopic (exact) mass is 345 g/mol. The van der Waals surface area contributed by atoms with Crippen molar-refractivity contribution in [2.45, 2.75) is 13.1 Å². The number of nitrogens with zero attached hydrogens (tertiary/aromatic N) is 5. The van der Waals surface area contributed by atoms with E-state index in [0.717, 1.165) is 17.5 Å². The highest BCUT2D eigenvalue weighted by Crippen LogP contribution is 2.26. The van der Waals surface area contributed by atoms with Crippen molar-refractivity contribution in [3.05, 3.63) is 29.2 Å². The molecule has 0 unspecified atom stereocenters. The summed E-state index contributed by atoms with van der Waals surface area (Å²) in [7, 11) is 3.47. The van der Waals surface area contributed by atoms with E-state index in [1.165, 1.54) is 6.20 Å². The first-order valence-electron chi connectivity index (χ1n) is 6.47. The van der Waals surface area contributed by atoms with Crippen molar-refractivity contribution in [2.75, 3.05) is 30.4 Å². The maximum Gasteiger partial charge on any atom is 0.406 e. The van der Waals surface area contributed by atoms with Crippen molar-refractivity contribution in [2.24, 2.45) is 0 Å². The van der Waals surface area contributed by atoms with Gasteiger partial charge >= 0.3 is 6.18 Å². The zero-order chi connectivity index (χ0) is 17.2. The topological polar surface area (TPSA) is 62.2 Å². The number of rotatable bonds is 4. The van der Waals surface area contributed by atoms with Gasteiger partial charge in [-0.3, -0.25) is 9.69 Å². The van der Waals surface area contributed by atoms with Gasteiger partial charge in [-0.2, -0.15) is 13.2 Å². The molecule has 0 N–H and O–H groups in total. The number of carbonyl (C=O) groups is 1. The van der Waals surface area contributed by atoms with Gasteiger partial charge in [-0.1, -0.05) is 0 Å². The van der Waals surface area contributed by atoms with Crippen LogP contribution >= 0.6 is 11.3 Å². The minimum absolute atomic E-state index is 0.0247. The smallest absolute Gasteiger partial charge is 0.361 e. The molecule has 6 nitrogen and oxygen atoms in total. The van der Waals surface area contributed by atoms with Crippen molar-refractivity contribution >= 4 is 28.2 Å². The van der Waals surface area contributed by atoms with Crippen LogP contribution < -0.4 is 9.80 Å². The van der Waals surface area contributed by atoms with Crippen LogP contribution in [0.5, 0.6) is 0 Å². The fourth-order valence-electron chi connectivity index (χ4n) is 1.67. The average Bonchev–Trinajstić information content (AvgIpc) is 2.89. The Balaban J connectivity index is 2.32. The van der Waals surface area contributed by atoms with Gasteiger partial charge in [0.05, 0.1) is 18.1 Å². The highest BCUT2D eigenvalue weighted by atomic mass is 32.1. The highest BCUT2D eigenvalue weighted by Gasteiger charge is 2.36. The molecular weight excluding hydrogens is 331 g/mol. The van der Waals surface area contributed by atoms with Crippen molar-refractivity contribution in [3.63, 3.8) is 0 Å². The van der Waals surface area contributed by atoms with Crippen LogP contribution in [-0.4, -0.2) is 47.7 Å². The molecule has 0 atom stereocenters. The molecule has 0 spiro atoms. The summed E-state index contributed by atoms with van der Waals surface area (Å²) in [5.41, 5.74) is 0.367. The van der Waals surface area contributed by atoms with E-state index in [2.05, 4.69) is 15.0 Å². The molecule has 2 heterocycles. The van der Waals surface area contributed by atoms with Gasteiger partial charge in [0, 0.05) is 19.5 Å². The number of aryl methyl sites for hydroxylation is 1. The molecule has 2 rings (SSSR count). The van der Waals surface area contributed by atoms with E-state index in [0.29, 0.717) is 16.4 Å². The van der Waals surface area contributed by atoms with E-state index < -0.39 is 18.6 Å². The molecule has 0 radical (unpaired) electrons. The second-order valence-electron chi connectivity index (χ2n) is 4.93. The van der Waals surface area contributed by atoms with E-state index in [-0.39, 0.29) is 10.8 Å². The molecule has 10 heteroatoms. The summed E-state index contributed by atoms with van der Waals surface area (Å²) in [6, 6.07) is 0. The molecule has 0 fully saturated rings.